The third-order valence-electron chi connectivity index (χ3n) is 0.870. The third-order valence-corrected chi connectivity index (χ3v) is 0.870. The molecule has 0 saturated heterocycles. The fourth-order valence-corrected chi connectivity index (χ4v) is 0.463. The second-order valence-corrected chi connectivity index (χ2v) is 1.55. The van der Waals surface area contributed by atoms with E-state index in [2.05, 4.69) is 0 Å². The number of rotatable bonds is 0. The first-order valence-electron chi connectivity index (χ1n) is 2.30. The van der Waals surface area contributed by atoms with Crippen molar-refractivity contribution >= 4 is 32.2 Å². The molecule has 0 fully saturated rings. The topological polar surface area (TPSA) is 0 Å². The molecule has 3 radical (unpaired) electrons. The first-order valence-corrected chi connectivity index (χ1v) is 2.30. The Bertz CT molecular complexity index is 152. The van der Waals surface area contributed by atoms with Gasteiger partial charge in [0.2, 0.25) is 0 Å². The molecule has 39 valence electrons. The zero-order valence-electron chi connectivity index (χ0n) is 5.26. The maximum Gasteiger partial charge on any atom is 0.123 e. The quantitative estimate of drug-likeness (QED) is 0.422. The van der Waals surface area contributed by atoms with E-state index in [0.717, 1.165) is 0 Å². The first kappa shape index (κ1) is 8.81. The summed E-state index contributed by atoms with van der Waals surface area (Å²) >= 11 is 0. The summed E-state index contributed by atoms with van der Waals surface area (Å²) in [5, 5.41) is 0. The maximum atomic E-state index is 12.0. The third kappa shape index (κ3) is 2.74. The van der Waals surface area contributed by atoms with Gasteiger partial charge in [-0.2, -0.15) is 0 Å². The van der Waals surface area contributed by atoms with E-state index in [1.807, 2.05) is 0 Å². The van der Waals surface area contributed by atoms with E-state index in [9.17, 15) is 4.39 Å². The largest absolute Gasteiger partial charge is 0.207 e. The zero-order valence-corrected chi connectivity index (χ0v) is 5.26. The van der Waals surface area contributed by atoms with E-state index < -0.39 is 0 Å². The van der Waals surface area contributed by atoms with Crippen LogP contribution < -0.4 is 5.46 Å². The maximum absolute atomic E-state index is 12.0. The van der Waals surface area contributed by atoms with Crippen LogP contribution in [-0.4, -0.2) is 26.7 Å². The molecule has 9 heavy (non-hydrogen) atoms. The number of halogens is 1. The Morgan fingerprint density at radius 2 is 1.56 bits per heavy atom. The Kier molecular flexibility index (Phi) is 3.69. The van der Waals surface area contributed by atoms with Crippen LogP contribution >= 0.6 is 0 Å². The summed E-state index contributed by atoms with van der Waals surface area (Å²) in [7, 11) is 5.26. The molecule has 0 unspecified atom stereocenters. The second kappa shape index (κ2) is 3.77. The summed E-state index contributed by atoms with van der Waals surface area (Å²) in [6.07, 6.45) is 0. The SMILES string of the molecule is [B]c1ccc(F)cc1.[Li]. The molecular formula is C6H4BFLi. The van der Waals surface area contributed by atoms with E-state index in [0.29, 0.717) is 5.46 Å². The molecule has 0 aliphatic heterocycles. The molecule has 1 aromatic rings. The fourth-order valence-electron chi connectivity index (χ4n) is 0.463. The zero-order chi connectivity index (χ0) is 5.98. The van der Waals surface area contributed by atoms with Crippen LogP contribution in [0.2, 0.25) is 0 Å². The predicted molar refractivity (Wildman–Crippen MR) is 37.5 cm³/mol. The van der Waals surface area contributed by atoms with E-state index in [1.54, 1.807) is 0 Å². The van der Waals surface area contributed by atoms with Gasteiger partial charge in [0.05, 0.1) is 0 Å². The van der Waals surface area contributed by atoms with Crippen molar-refractivity contribution in [3.8, 4) is 0 Å². The molecule has 0 heterocycles. The molecule has 0 nitrogen and oxygen atoms in total. The van der Waals surface area contributed by atoms with Crippen LogP contribution in [0, 0.1) is 5.82 Å². The summed E-state index contributed by atoms with van der Waals surface area (Å²) < 4.78 is 12.0. The average molecular weight is 113 g/mol. The monoisotopic (exact) mass is 113 g/mol. The average Bonchev–Trinajstić information content (AvgIpc) is 1.77. The first-order chi connectivity index (χ1) is 3.79. The van der Waals surface area contributed by atoms with Gasteiger partial charge in [0.25, 0.3) is 0 Å². The van der Waals surface area contributed by atoms with Gasteiger partial charge >= 0.3 is 0 Å². The summed E-state index contributed by atoms with van der Waals surface area (Å²) in [5.41, 5.74) is 0.589. The molecule has 0 bridgehead atoms. The second-order valence-electron chi connectivity index (χ2n) is 1.55. The van der Waals surface area contributed by atoms with Gasteiger partial charge in [0.15, 0.2) is 0 Å². The van der Waals surface area contributed by atoms with Crippen LogP contribution in [0.1, 0.15) is 0 Å². The van der Waals surface area contributed by atoms with Gasteiger partial charge in [-0.1, -0.05) is 17.6 Å². The Morgan fingerprint density at radius 3 is 1.89 bits per heavy atom. The molecule has 0 aromatic heterocycles. The number of hydrogen-bond acceptors (Lipinski definition) is 0. The standard InChI is InChI=1S/C6H4BF.Li/c7-5-1-3-6(8)4-2-5;/h1-4H;. The Balaban J connectivity index is 0.000000640. The smallest absolute Gasteiger partial charge is 0.123 e. The fraction of sp³-hybridized carbons (Fsp3) is 0. The summed E-state index contributed by atoms with van der Waals surface area (Å²) in [6, 6.07) is 5.70. The molecule has 0 aliphatic carbocycles. The molecule has 3 heteroatoms. The molecule has 0 aliphatic rings. The predicted octanol–water partition coefficient (Wildman–Crippen LogP) is 0.239. The molecule has 0 saturated carbocycles. The van der Waals surface area contributed by atoms with Crippen molar-refractivity contribution in [2.45, 2.75) is 0 Å². The van der Waals surface area contributed by atoms with Crippen molar-refractivity contribution in [1.82, 2.24) is 0 Å². The van der Waals surface area contributed by atoms with Gasteiger partial charge in [-0.15, -0.1) is 0 Å². The van der Waals surface area contributed by atoms with Crippen molar-refractivity contribution in [2.75, 3.05) is 0 Å². The van der Waals surface area contributed by atoms with E-state index in [4.69, 9.17) is 7.85 Å². The molecule has 1 rings (SSSR count). The Hall–Kier alpha value is -0.188. The van der Waals surface area contributed by atoms with Crippen LogP contribution in [0.3, 0.4) is 0 Å². The minimum Gasteiger partial charge on any atom is -0.207 e. The van der Waals surface area contributed by atoms with Gasteiger partial charge in [-0.3, -0.25) is 0 Å². The van der Waals surface area contributed by atoms with Gasteiger partial charge < -0.3 is 0 Å². The molecule has 0 atom stereocenters. The molecular weight excluding hydrogens is 109 g/mol. The minimum absolute atomic E-state index is 0. The Morgan fingerprint density at radius 1 is 1.11 bits per heavy atom. The summed E-state index contributed by atoms with van der Waals surface area (Å²) in [5.74, 6) is -0.251. The van der Waals surface area contributed by atoms with Gasteiger partial charge in [-0.05, 0) is 12.1 Å². The van der Waals surface area contributed by atoms with Gasteiger partial charge in [0, 0.05) is 18.9 Å². The van der Waals surface area contributed by atoms with Gasteiger partial charge in [-0.25, -0.2) is 4.39 Å². The molecule has 0 spiro atoms. The van der Waals surface area contributed by atoms with E-state index in [1.165, 1.54) is 24.3 Å². The van der Waals surface area contributed by atoms with Crippen LogP contribution in [0.4, 0.5) is 4.39 Å². The molecule has 0 amide bonds. The van der Waals surface area contributed by atoms with Crippen molar-refractivity contribution in [3.63, 3.8) is 0 Å². The molecule has 0 N–H and O–H groups in total. The van der Waals surface area contributed by atoms with Crippen molar-refractivity contribution in [2.24, 2.45) is 0 Å². The van der Waals surface area contributed by atoms with Crippen LogP contribution in [0.15, 0.2) is 24.3 Å². The van der Waals surface area contributed by atoms with Gasteiger partial charge in [0.1, 0.15) is 13.7 Å². The van der Waals surface area contributed by atoms with Crippen molar-refractivity contribution in [1.29, 1.82) is 0 Å². The molecule has 1 aromatic carbocycles. The van der Waals surface area contributed by atoms with Crippen LogP contribution in [0.5, 0.6) is 0 Å². The van der Waals surface area contributed by atoms with E-state index in [-0.39, 0.29) is 24.7 Å². The summed E-state index contributed by atoms with van der Waals surface area (Å²) in [4.78, 5) is 0. The number of hydrogen-bond donors (Lipinski definition) is 0. The van der Waals surface area contributed by atoms with Crippen LogP contribution in [0.25, 0.3) is 0 Å². The van der Waals surface area contributed by atoms with Crippen LogP contribution in [-0.2, 0) is 0 Å². The normalized spacial score (nSPS) is 8.11. The minimum atomic E-state index is -0.251. The number of benzene rings is 1. The van der Waals surface area contributed by atoms with E-state index >= 15 is 0 Å². The summed E-state index contributed by atoms with van der Waals surface area (Å²) in [6.45, 7) is 0. The van der Waals surface area contributed by atoms with Crippen molar-refractivity contribution in [3.05, 3.63) is 30.1 Å². The van der Waals surface area contributed by atoms with Crippen molar-refractivity contribution < 1.29 is 4.39 Å². The Labute approximate surface area is 67.0 Å².